The normalized spacial score (nSPS) is 12.9. The first-order valence-corrected chi connectivity index (χ1v) is 14.8. The van der Waals surface area contributed by atoms with Crippen LogP contribution in [0.15, 0.2) is 77.7 Å². The Morgan fingerprint density at radius 2 is 1.51 bits per heavy atom. The Bertz CT molecular complexity index is 1400. The molecule has 2 amide bonds. The summed E-state index contributed by atoms with van der Waals surface area (Å²) in [6, 6.07) is 18.7. The minimum atomic E-state index is -4.15. The van der Waals surface area contributed by atoms with E-state index in [1.165, 1.54) is 29.2 Å². The highest BCUT2D eigenvalue weighted by Gasteiger charge is 2.32. The fourth-order valence-corrected chi connectivity index (χ4v) is 5.54. The molecular formula is C29H33Cl2N3O4S. The highest BCUT2D eigenvalue weighted by molar-refractivity contribution is 7.92. The van der Waals surface area contributed by atoms with Crippen molar-refractivity contribution < 1.29 is 18.0 Å². The van der Waals surface area contributed by atoms with Crippen molar-refractivity contribution in [3.05, 3.63) is 94.0 Å². The Hall–Kier alpha value is -3.07. The van der Waals surface area contributed by atoms with Crippen molar-refractivity contribution in [1.29, 1.82) is 0 Å². The van der Waals surface area contributed by atoms with Crippen LogP contribution in [0.5, 0.6) is 0 Å². The SMILES string of the molecule is CC[C@H](C)NC(=O)[C@H](C)N(Cc1ccc(Cl)cc1)C(=O)CN(c1cccc(C)c1)S(=O)(=O)c1ccc(Cl)cc1. The largest absolute Gasteiger partial charge is 0.352 e. The predicted molar refractivity (Wildman–Crippen MR) is 157 cm³/mol. The lowest BCUT2D eigenvalue weighted by molar-refractivity contribution is -0.139. The van der Waals surface area contributed by atoms with Crippen LogP contribution in [0.4, 0.5) is 5.69 Å². The minimum absolute atomic E-state index is 0.00646. The smallest absolute Gasteiger partial charge is 0.264 e. The van der Waals surface area contributed by atoms with Crippen LogP contribution < -0.4 is 9.62 Å². The second-order valence-electron chi connectivity index (χ2n) is 9.45. The van der Waals surface area contributed by atoms with Crippen molar-refractivity contribution >= 4 is 50.7 Å². The number of rotatable bonds is 11. The van der Waals surface area contributed by atoms with E-state index in [0.29, 0.717) is 15.7 Å². The van der Waals surface area contributed by atoms with Crippen LogP contribution in [0.1, 0.15) is 38.3 Å². The summed E-state index contributed by atoms with van der Waals surface area (Å²) >= 11 is 12.0. The predicted octanol–water partition coefficient (Wildman–Crippen LogP) is 5.83. The maximum absolute atomic E-state index is 13.9. The van der Waals surface area contributed by atoms with E-state index in [9.17, 15) is 18.0 Å². The van der Waals surface area contributed by atoms with Crippen LogP contribution in [0, 0.1) is 6.92 Å². The molecule has 3 aromatic carbocycles. The van der Waals surface area contributed by atoms with Gasteiger partial charge in [-0.15, -0.1) is 0 Å². The number of amides is 2. The molecule has 39 heavy (non-hydrogen) atoms. The molecule has 208 valence electrons. The van der Waals surface area contributed by atoms with E-state index in [4.69, 9.17) is 23.2 Å². The Kier molecular flexibility index (Phi) is 10.4. The van der Waals surface area contributed by atoms with Gasteiger partial charge >= 0.3 is 0 Å². The van der Waals surface area contributed by atoms with E-state index in [1.807, 2.05) is 26.8 Å². The molecule has 0 aromatic heterocycles. The molecule has 0 saturated heterocycles. The van der Waals surface area contributed by atoms with Crippen LogP contribution in [0.25, 0.3) is 0 Å². The second kappa shape index (κ2) is 13.3. The Morgan fingerprint density at radius 3 is 2.08 bits per heavy atom. The van der Waals surface area contributed by atoms with Crippen molar-refractivity contribution in [2.24, 2.45) is 0 Å². The summed E-state index contributed by atoms with van der Waals surface area (Å²) in [7, 11) is -4.15. The monoisotopic (exact) mass is 589 g/mol. The summed E-state index contributed by atoms with van der Waals surface area (Å²) in [4.78, 5) is 28.4. The van der Waals surface area contributed by atoms with Gasteiger partial charge in [-0.25, -0.2) is 8.42 Å². The molecule has 0 radical (unpaired) electrons. The number of anilines is 1. The third-order valence-electron chi connectivity index (χ3n) is 6.40. The van der Waals surface area contributed by atoms with Gasteiger partial charge in [0.1, 0.15) is 12.6 Å². The number of hydrogen-bond donors (Lipinski definition) is 1. The highest BCUT2D eigenvalue weighted by Crippen LogP contribution is 2.26. The van der Waals surface area contributed by atoms with Crippen LogP contribution >= 0.6 is 23.2 Å². The summed E-state index contributed by atoms with van der Waals surface area (Å²) < 4.78 is 28.7. The number of sulfonamides is 1. The third-order valence-corrected chi connectivity index (χ3v) is 8.70. The molecule has 0 saturated carbocycles. The van der Waals surface area contributed by atoms with Gasteiger partial charge < -0.3 is 10.2 Å². The number of aryl methyl sites for hydroxylation is 1. The van der Waals surface area contributed by atoms with Gasteiger partial charge in [-0.05, 0) is 86.8 Å². The zero-order valence-electron chi connectivity index (χ0n) is 22.4. The third kappa shape index (κ3) is 7.97. The zero-order valence-corrected chi connectivity index (χ0v) is 24.7. The van der Waals surface area contributed by atoms with Gasteiger partial charge in [-0.3, -0.25) is 13.9 Å². The van der Waals surface area contributed by atoms with Crippen molar-refractivity contribution in [3.8, 4) is 0 Å². The van der Waals surface area contributed by atoms with Crippen LogP contribution in [0.3, 0.4) is 0 Å². The van der Waals surface area contributed by atoms with Gasteiger partial charge in [0.2, 0.25) is 11.8 Å². The fraction of sp³-hybridized carbons (Fsp3) is 0.310. The molecule has 3 rings (SSSR count). The summed E-state index contributed by atoms with van der Waals surface area (Å²) in [6.45, 7) is 6.89. The first-order valence-electron chi connectivity index (χ1n) is 12.6. The summed E-state index contributed by atoms with van der Waals surface area (Å²) in [5.41, 5.74) is 1.91. The fourth-order valence-electron chi connectivity index (χ4n) is 3.88. The molecule has 2 atom stereocenters. The molecule has 0 aliphatic heterocycles. The highest BCUT2D eigenvalue weighted by atomic mass is 35.5. The molecule has 7 nitrogen and oxygen atoms in total. The molecule has 1 N–H and O–H groups in total. The lowest BCUT2D eigenvalue weighted by atomic mass is 10.1. The second-order valence-corrected chi connectivity index (χ2v) is 12.2. The zero-order chi connectivity index (χ0) is 28.7. The van der Waals surface area contributed by atoms with Crippen molar-refractivity contribution in [1.82, 2.24) is 10.2 Å². The van der Waals surface area contributed by atoms with Gasteiger partial charge in [-0.2, -0.15) is 0 Å². The number of nitrogens with zero attached hydrogens (tertiary/aromatic N) is 2. The number of nitrogens with one attached hydrogen (secondary N) is 1. The maximum Gasteiger partial charge on any atom is 0.264 e. The standard InChI is InChI=1S/C29H33Cl2N3O4S/c1-5-21(3)32-29(36)22(4)33(18-23-9-11-24(30)12-10-23)28(35)19-34(26-8-6-7-20(2)17-26)39(37,38)27-15-13-25(31)14-16-27/h6-17,21-22H,5,18-19H2,1-4H3,(H,32,36)/t21-,22-/m0/s1. The molecule has 0 spiro atoms. The van der Waals surface area contributed by atoms with Gasteiger partial charge in [0.05, 0.1) is 10.6 Å². The molecule has 0 fully saturated rings. The Labute approximate surface area is 240 Å². The van der Waals surface area contributed by atoms with Crippen molar-refractivity contribution in [3.63, 3.8) is 0 Å². The van der Waals surface area contributed by atoms with E-state index in [2.05, 4.69) is 5.32 Å². The van der Waals surface area contributed by atoms with Gasteiger partial charge in [0, 0.05) is 22.6 Å². The molecular weight excluding hydrogens is 557 g/mol. The van der Waals surface area contributed by atoms with E-state index in [1.54, 1.807) is 49.4 Å². The molecule has 0 aliphatic rings. The van der Waals surface area contributed by atoms with Gasteiger partial charge in [-0.1, -0.05) is 54.4 Å². The van der Waals surface area contributed by atoms with Crippen LogP contribution in [-0.2, 0) is 26.2 Å². The molecule has 0 heterocycles. The van der Waals surface area contributed by atoms with Crippen LogP contribution in [-0.4, -0.2) is 43.8 Å². The molecule has 10 heteroatoms. The first kappa shape index (κ1) is 30.5. The lowest BCUT2D eigenvalue weighted by Gasteiger charge is -2.32. The van der Waals surface area contributed by atoms with Crippen LogP contribution in [0.2, 0.25) is 10.0 Å². The first-order chi connectivity index (χ1) is 18.4. The van der Waals surface area contributed by atoms with E-state index < -0.39 is 28.5 Å². The molecule has 3 aromatic rings. The van der Waals surface area contributed by atoms with Crippen molar-refractivity contribution in [2.45, 2.75) is 57.6 Å². The van der Waals surface area contributed by atoms with Gasteiger partial charge in [0.25, 0.3) is 10.0 Å². The summed E-state index contributed by atoms with van der Waals surface area (Å²) in [5.74, 6) is -0.856. The minimum Gasteiger partial charge on any atom is -0.352 e. The number of benzene rings is 3. The topological polar surface area (TPSA) is 86.8 Å². The number of hydrogen-bond acceptors (Lipinski definition) is 4. The van der Waals surface area contributed by atoms with Gasteiger partial charge in [0.15, 0.2) is 0 Å². The van der Waals surface area contributed by atoms with E-state index in [0.717, 1.165) is 21.9 Å². The van der Waals surface area contributed by atoms with Crippen molar-refractivity contribution in [2.75, 3.05) is 10.8 Å². The maximum atomic E-state index is 13.9. The number of halogens is 2. The summed E-state index contributed by atoms with van der Waals surface area (Å²) in [6.07, 6.45) is 0.726. The Balaban J connectivity index is 2.02. The average Bonchev–Trinajstić information content (AvgIpc) is 2.90. The number of carbonyl (C=O) groups is 2. The quantitative estimate of drug-likeness (QED) is 0.305. The average molecular weight is 591 g/mol. The number of carbonyl (C=O) groups excluding carboxylic acids is 2. The van der Waals surface area contributed by atoms with E-state index in [-0.39, 0.29) is 23.4 Å². The lowest BCUT2D eigenvalue weighted by Crippen LogP contribution is -2.52. The Morgan fingerprint density at radius 1 is 0.923 bits per heavy atom. The van der Waals surface area contributed by atoms with E-state index >= 15 is 0 Å². The molecule has 0 bridgehead atoms. The summed E-state index contributed by atoms with van der Waals surface area (Å²) in [5, 5.41) is 3.85. The molecule has 0 unspecified atom stereocenters. The molecule has 0 aliphatic carbocycles.